The Labute approximate surface area is 156 Å². The third-order valence-corrected chi connectivity index (χ3v) is 4.76. The molecule has 1 heterocycles. The van der Waals surface area contributed by atoms with Crippen LogP contribution >= 0.6 is 11.8 Å². The lowest BCUT2D eigenvalue weighted by Crippen LogP contribution is -2.19. The summed E-state index contributed by atoms with van der Waals surface area (Å²) in [5.74, 6) is 0.0986. The molecule has 0 aliphatic heterocycles. The van der Waals surface area contributed by atoms with Gasteiger partial charge in [0.1, 0.15) is 0 Å². The summed E-state index contributed by atoms with van der Waals surface area (Å²) < 4.78 is 1.99. The number of allylic oxidation sites excluding steroid dienone is 1. The Bertz CT molecular complexity index is 960. The summed E-state index contributed by atoms with van der Waals surface area (Å²) in [5.41, 5.74) is 6.59. The van der Waals surface area contributed by atoms with Gasteiger partial charge in [-0.05, 0) is 30.2 Å². The van der Waals surface area contributed by atoms with E-state index < -0.39 is 0 Å². The first kappa shape index (κ1) is 17.9. The average molecular weight is 364 g/mol. The number of hydrogen-bond acceptors (Lipinski definition) is 4. The van der Waals surface area contributed by atoms with E-state index in [4.69, 9.17) is 0 Å². The fourth-order valence-electron chi connectivity index (χ4n) is 2.47. The van der Waals surface area contributed by atoms with Gasteiger partial charge in [-0.15, -0.1) is 0 Å². The number of para-hydroxylation sites is 2. The predicted octanol–water partition coefficient (Wildman–Crippen LogP) is 3.87. The Balaban J connectivity index is 1.52. The second-order valence-corrected chi connectivity index (χ2v) is 6.77. The van der Waals surface area contributed by atoms with Crippen LogP contribution in [0.2, 0.25) is 0 Å². The number of hydrogen-bond donors (Lipinski definition) is 1. The van der Waals surface area contributed by atoms with Gasteiger partial charge in [0.2, 0.25) is 0 Å². The highest BCUT2D eigenvalue weighted by Gasteiger charge is 2.09. The number of benzene rings is 2. The highest BCUT2D eigenvalue weighted by atomic mass is 32.2. The molecule has 26 heavy (non-hydrogen) atoms. The van der Waals surface area contributed by atoms with Crippen LogP contribution < -0.4 is 5.43 Å². The van der Waals surface area contributed by atoms with E-state index in [0.717, 1.165) is 27.3 Å². The van der Waals surface area contributed by atoms with Gasteiger partial charge in [-0.3, -0.25) is 4.79 Å². The average Bonchev–Trinajstić information content (AvgIpc) is 2.97. The Morgan fingerprint density at radius 2 is 1.92 bits per heavy atom. The minimum absolute atomic E-state index is 0.161. The highest BCUT2D eigenvalue weighted by molar-refractivity contribution is 7.99. The van der Waals surface area contributed by atoms with Crippen molar-refractivity contribution in [1.82, 2.24) is 15.0 Å². The number of imidazole rings is 1. The SMILES string of the molecule is CC(/C=N/NC(=O)CSc1nc2ccccc2n1C)=C\c1ccccc1. The number of carbonyl (C=O) groups is 1. The lowest BCUT2D eigenvalue weighted by molar-refractivity contribution is -0.118. The molecule has 0 spiro atoms. The van der Waals surface area contributed by atoms with E-state index in [1.807, 2.05) is 79.2 Å². The number of fused-ring (bicyclic) bond motifs is 1. The van der Waals surface area contributed by atoms with Crippen LogP contribution in [0.25, 0.3) is 17.1 Å². The zero-order valence-electron chi connectivity index (χ0n) is 14.7. The molecular weight excluding hydrogens is 344 g/mol. The van der Waals surface area contributed by atoms with Gasteiger partial charge in [-0.2, -0.15) is 5.10 Å². The maximum atomic E-state index is 12.0. The number of amides is 1. The van der Waals surface area contributed by atoms with Crippen molar-refractivity contribution in [3.05, 3.63) is 65.7 Å². The minimum atomic E-state index is -0.161. The number of rotatable bonds is 6. The van der Waals surface area contributed by atoms with Crippen LogP contribution in [0.15, 0.2) is 70.4 Å². The van der Waals surface area contributed by atoms with Gasteiger partial charge in [0.25, 0.3) is 5.91 Å². The molecule has 0 saturated heterocycles. The lowest BCUT2D eigenvalue weighted by Gasteiger charge is -2.01. The van der Waals surface area contributed by atoms with E-state index in [1.165, 1.54) is 11.8 Å². The monoisotopic (exact) mass is 364 g/mol. The number of nitrogens with one attached hydrogen (secondary N) is 1. The molecular formula is C20H20N4OS. The van der Waals surface area contributed by atoms with E-state index in [1.54, 1.807) is 6.21 Å². The van der Waals surface area contributed by atoms with Gasteiger partial charge < -0.3 is 4.57 Å². The fraction of sp³-hybridized carbons (Fsp3) is 0.150. The van der Waals surface area contributed by atoms with Gasteiger partial charge in [-0.25, -0.2) is 10.4 Å². The normalized spacial score (nSPS) is 12.0. The number of thioether (sulfide) groups is 1. The summed E-state index contributed by atoms with van der Waals surface area (Å²) in [4.78, 5) is 16.5. The summed E-state index contributed by atoms with van der Waals surface area (Å²) in [6.07, 6.45) is 3.65. The summed E-state index contributed by atoms with van der Waals surface area (Å²) >= 11 is 1.39. The first-order valence-electron chi connectivity index (χ1n) is 8.23. The van der Waals surface area contributed by atoms with Crippen LogP contribution in [0.5, 0.6) is 0 Å². The highest BCUT2D eigenvalue weighted by Crippen LogP contribution is 2.22. The molecule has 6 heteroatoms. The second kappa shape index (κ2) is 8.49. The predicted molar refractivity (Wildman–Crippen MR) is 108 cm³/mol. The Hall–Kier alpha value is -2.86. The molecule has 0 atom stereocenters. The molecule has 3 rings (SSSR count). The van der Waals surface area contributed by atoms with Crippen molar-refractivity contribution < 1.29 is 4.79 Å². The molecule has 0 unspecified atom stereocenters. The van der Waals surface area contributed by atoms with Crippen molar-refractivity contribution in [1.29, 1.82) is 0 Å². The van der Waals surface area contributed by atoms with Crippen molar-refractivity contribution in [2.75, 3.05) is 5.75 Å². The molecule has 0 bridgehead atoms. The first-order chi connectivity index (χ1) is 12.6. The van der Waals surface area contributed by atoms with Gasteiger partial charge in [0.05, 0.1) is 23.0 Å². The smallest absolute Gasteiger partial charge is 0.250 e. The summed E-state index contributed by atoms with van der Waals surface area (Å²) in [5, 5.41) is 4.82. The van der Waals surface area contributed by atoms with Crippen molar-refractivity contribution >= 4 is 41.0 Å². The van der Waals surface area contributed by atoms with Gasteiger partial charge >= 0.3 is 0 Å². The van der Waals surface area contributed by atoms with Crippen LogP contribution in [0, 0.1) is 0 Å². The molecule has 5 nitrogen and oxygen atoms in total. The van der Waals surface area contributed by atoms with Crippen LogP contribution in [0.1, 0.15) is 12.5 Å². The molecule has 2 aromatic carbocycles. The van der Waals surface area contributed by atoms with Crippen molar-refractivity contribution in [3.8, 4) is 0 Å². The lowest BCUT2D eigenvalue weighted by atomic mass is 10.1. The van der Waals surface area contributed by atoms with Crippen molar-refractivity contribution in [3.63, 3.8) is 0 Å². The van der Waals surface area contributed by atoms with Gasteiger partial charge in [-0.1, -0.05) is 60.3 Å². The summed E-state index contributed by atoms with van der Waals surface area (Å²) in [7, 11) is 1.95. The molecule has 3 aromatic rings. The van der Waals surface area contributed by atoms with Gasteiger partial charge in [0.15, 0.2) is 5.16 Å². The van der Waals surface area contributed by atoms with E-state index in [9.17, 15) is 4.79 Å². The van der Waals surface area contributed by atoms with Crippen LogP contribution in [-0.2, 0) is 11.8 Å². The maximum Gasteiger partial charge on any atom is 0.250 e. The third kappa shape index (κ3) is 4.61. The molecule has 0 fully saturated rings. The fourth-order valence-corrected chi connectivity index (χ4v) is 3.25. The summed E-state index contributed by atoms with van der Waals surface area (Å²) in [6.45, 7) is 1.94. The number of aromatic nitrogens is 2. The zero-order chi connectivity index (χ0) is 18.4. The molecule has 0 saturated carbocycles. The van der Waals surface area contributed by atoms with E-state index in [2.05, 4.69) is 15.5 Å². The zero-order valence-corrected chi connectivity index (χ0v) is 15.5. The number of hydrazone groups is 1. The Morgan fingerprint density at radius 3 is 2.69 bits per heavy atom. The maximum absolute atomic E-state index is 12.0. The third-order valence-electron chi connectivity index (χ3n) is 3.73. The van der Waals surface area contributed by atoms with Crippen LogP contribution in [0.4, 0.5) is 0 Å². The molecule has 132 valence electrons. The Morgan fingerprint density at radius 1 is 1.19 bits per heavy atom. The molecule has 0 aliphatic carbocycles. The Kier molecular flexibility index (Phi) is 5.86. The second-order valence-electron chi connectivity index (χ2n) is 5.82. The standard InChI is InChI=1S/C20H20N4OS/c1-15(12-16-8-4-3-5-9-16)13-21-23-19(25)14-26-20-22-17-10-6-7-11-18(17)24(20)2/h3-13H,14H2,1-2H3,(H,23,25)/b15-12+,21-13+. The van der Waals surface area contributed by atoms with Crippen molar-refractivity contribution in [2.45, 2.75) is 12.1 Å². The molecule has 1 amide bonds. The largest absolute Gasteiger partial charge is 0.322 e. The molecule has 0 radical (unpaired) electrons. The first-order valence-corrected chi connectivity index (χ1v) is 9.21. The van der Waals surface area contributed by atoms with Gasteiger partial charge in [0, 0.05) is 7.05 Å². The number of aryl methyl sites for hydroxylation is 1. The molecule has 0 aliphatic rings. The van der Waals surface area contributed by atoms with E-state index in [-0.39, 0.29) is 11.7 Å². The number of carbonyl (C=O) groups excluding carboxylic acids is 1. The van der Waals surface area contributed by atoms with Crippen LogP contribution in [-0.4, -0.2) is 27.4 Å². The molecule has 1 N–H and O–H groups in total. The quantitative estimate of drug-likeness (QED) is 0.410. The minimum Gasteiger partial charge on any atom is -0.322 e. The van der Waals surface area contributed by atoms with Crippen molar-refractivity contribution in [2.24, 2.45) is 12.1 Å². The topological polar surface area (TPSA) is 59.3 Å². The van der Waals surface area contributed by atoms with E-state index >= 15 is 0 Å². The van der Waals surface area contributed by atoms with E-state index in [0.29, 0.717) is 0 Å². The molecule has 1 aromatic heterocycles. The summed E-state index contributed by atoms with van der Waals surface area (Å²) in [6, 6.07) is 17.9. The van der Waals surface area contributed by atoms with Crippen LogP contribution in [0.3, 0.4) is 0 Å². The number of nitrogens with zero attached hydrogens (tertiary/aromatic N) is 3.